The molecule has 0 aromatic heterocycles. The number of carbonyl (C=O) groups is 2. The number of nitrogens with zero attached hydrogens (tertiary/aromatic N) is 2. The number of ether oxygens (including phenoxy) is 2. The summed E-state index contributed by atoms with van der Waals surface area (Å²) in [5.74, 6) is 0.982. The number of hydrogen-bond donors (Lipinski definition) is 0. The largest absolute Gasteiger partial charge is 0.454 e. The molecule has 0 atom stereocenters. The highest BCUT2D eigenvalue weighted by atomic mass is 35.5. The summed E-state index contributed by atoms with van der Waals surface area (Å²) in [6.07, 6.45) is 1.32. The van der Waals surface area contributed by atoms with Gasteiger partial charge in [-0.3, -0.25) is 14.5 Å². The van der Waals surface area contributed by atoms with Crippen LogP contribution >= 0.6 is 11.6 Å². The van der Waals surface area contributed by atoms with Gasteiger partial charge in [0.2, 0.25) is 12.7 Å². The third-order valence-corrected chi connectivity index (χ3v) is 5.22. The van der Waals surface area contributed by atoms with E-state index in [-0.39, 0.29) is 25.3 Å². The number of carbonyl (C=O) groups excluding carboxylic acids is 2. The molecule has 6 nitrogen and oxygen atoms in total. The Morgan fingerprint density at radius 1 is 1.19 bits per heavy atom. The van der Waals surface area contributed by atoms with Gasteiger partial charge in [0.25, 0.3) is 5.91 Å². The van der Waals surface area contributed by atoms with Crippen molar-refractivity contribution in [1.82, 2.24) is 4.90 Å². The van der Waals surface area contributed by atoms with Crippen molar-refractivity contribution in [2.45, 2.75) is 19.8 Å². The van der Waals surface area contributed by atoms with Crippen molar-refractivity contribution in [2.75, 3.05) is 24.9 Å². The molecule has 1 saturated heterocycles. The topological polar surface area (TPSA) is 59.1 Å². The van der Waals surface area contributed by atoms with E-state index in [4.69, 9.17) is 21.1 Å². The van der Waals surface area contributed by atoms with Crippen LogP contribution in [0.15, 0.2) is 36.4 Å². The molecule has 0 N–H and O–H groups in total. The Labute approximate surface area is 162 Å². The van der Waals surface area contributed by atoms with Gasteiger partial charge in [-0.1, -0.05) is 17.7 Å². The van der Waals surface area contributed by atoms with Crippen LogP contribution in [0.3, 0.4) is 0 Å². The molecule has 4 rings (SSSR count). The molecule has 2 amide bonds. The average Bonchev–Trinajstić information content (AvgIpc) is 3.29. The van der Waals surface area contributed by atoms with Crippen LogP contribution in [-0.2, 0) is 4.79 Å². The molecule has 0 saturated carbocycles. The predicted octanol–water partition coefficient (Wildman–Crippen LogP) is 3.60. The van der Waals surface area contributed by atoms with Gasteiger partial charge < -0.3 is 14.4 Å². The number of likely N-dealkylation sites (tertiary alicyclic amines) is 1. The number of anilines is 1. The van der Waals surface area contributed by atoms with Gasteiger partial charge in [-0.05, 0) is 49.2 Å². The summed E-state index contributed by atoms with van der Waals surface area (Å²) in [5.41, 5.74) is 2.03. The van der Waals surface area contributed by atoms with E-state index in [1.54, 1.807) is 34.1 Å². The number of halogens is 1. The number of rotatable bonds is 4. The van der Waals surface area contributed by atoms with Gasteiger partial charge >= 0.3 is 0 Å². The lowest BCUT2D eigenvalue weighted by Gasteiger charge is -2.28. The molecule has 0 unspecified atom stereocenters. The number of benzene rings is 2. The quantitative estimate of drug-likeness (QED) is 0.805. The lowest BCUT2D eigenvalue weighted by atomic mass is 10.1. The van der Waals surface area contributed by atoms with Gasteiger partial charge in [0.05, 0.1) is 0 Å². The van der Waals surface area contributed by atoms with E-state index in [0.29, 0.717) is 40.7 Å². The van der Waals surface area contributed by atoms with Gasteiger partial charge in [-0.25, -0.2) is 0 Å². The lowest BCUT2D eigenvalue weighted by molar-refractivity contribution is -0.127. The third kappa shape index (κ3) is 3.45. The normalized spacial score (nSPS) is 15.3. The van der Waals surface area contributed by atoms with Gasteiger partial charge in [-0.2, -0.15) is 0 Å². The summed E-state index contributed by atoms with van der Waals surface area (Å²) in [5, 5.41) is 0.573. The third-order valence-electron chi connectivity index (χ3n) is 4.82. The molecule has 7 heteroatoms. The second kappa shape index (κ2) is 7.12. The number of aryl methyl sites for hydroxylation is 1. The van der Waals surface area contributed by atoms with Gasteiger partial charge in [0.1, 0.15) is 6.67 Å². The Hall–Kier alpha value is -2.73. The van der Waals surface area contributed by atoms with Crippen LogP contribution in [-0.4, -0.2) is 36.7 Å². The molecular weight excluding hydrogens is 368 g/mol. The molecule has 0 spiro atoms. The minimum absolute atomic E-state index is 0.0525. The fourth-order valence-corrected chi connectivity index (χ4v) is 3.40. The van der Waals surface area contributed by atoms with Crippen molar-refractivity contribution in [1.29, 1.82) is 0 Å². The summed E-state index contributed by atoms with van der Waals surface area (Å²) in [6, 6.07) is 10.5. The number of fused-ring (bicyclic) bond motifs is 1. The highest BCUT2D eigenvalue weighted by Gasteiger charge is 2.27. The molecule has 140 valence electrons. The first kappa shape index (κ1) is 17.7. The molecule has 2 aliphatic heterocycles. The smallest absolute Gasteiger partial charge is 0.259 e. The van der Waals surface area contributed by atoms with Crippen LogP contribution in [0.1, 0.15) is 28.8 Å². The minimum Gasteiger partial charge on any atom is -0.454 e. The van der Waals surface area contributed by atoms with Crippen LogP contribution in [0.25, 0.3) is 0 Å². The van der Waals surface area contributed by atoms with Crippen LogP contribution in [0.4, 0.5) is 5.69 Å². The van der Waals surface area contributed by atoms with Crippen LogP contribution in [0, 0.1) is 6.92 Å². The van der Waals surface area contributed by atoms with E-state index >= 15 is 0 Å². The monoisotopic (exact) mass is 386 g/mol. The van der Waals surface area contributed by atoms with E-state index in [9.17, 15) is 9.59 Å². The summed E-state index contributed by atoms with van der Waals surface area (Å²) in [4.78, 5) is 28.7. The standard InChI is InChI=1S/C20H19ClN2O4/c1-13-4-6-15(10-16(13)21)23(11-22-8-2-3-19(22)24)20(25)14-5-7-17-18(9-14)27-12-26-17/h4-7,9-10H,2-3,8,11-12H2,1H3. The fraction of sp³-hybridized carbons (Fsp3) is 0.300. The van der Waals surface area contributed by atoms with Crippen molar-refractivity contribution in [2.24, 2.45) is 0 Å². The van der Waals surface area contributed by atoms with E-state index in [1.165, 1.54) is 0 Å². The first-order valence-corrected chi connectivity index (χ1v) is 9.16. The Morgan fingerprint density at radius 2 is 2.00 bits per heavy atom. The van der Waals surface area contributed by atoms with Crippen LogP contribution in [0.5, 0.6) is 11.5 Å². The van der Waals surface area contributed by atoms with Gasteiger partial charge in [-0.15, -0.1) is 0 Å². The SMILES string of the molecule is Cc1ccc(N(CN2CCCC2=O)C(=O)c2ccc3c(c2)OCO3)cc1Cl. The van der Waals surface area contributed by atoms with E-state index < -0.39 is 0 Å². The summed E-state index contributed by atoms with van der Waals surface area (Å²) >= 11 is 6.28. The van der Waals surface area contributed by atoms with Crippen molar-refractivity contribution in [3.05, 3.63) is 52.5 Å². The fourth-order valence-electron chi connectivity index (χ4n) is 3.22. The Morgan fingerprint density at radius 3 is 2.74 bits per heavy atom. The maximum atomic E-state index is 13.3. The van der Waals surface area contributed by atoms with Crippen molar-refractivity contribution in [3.8, 4) is 11.5 Å². The van der Waals surface area contributed by atoms with Gasteiger partial charge in [0.15, 0.2) is 11.5 Å². The maximum absolute atomic E-state index is 13.3. The average molecular weight is 387 g/mol. The molecule has 1 fully saturated rings. The molecule has 2 aliphatic rings. The molecule has 2 aromatic rings. The second-order valence-corrected chi connectivity index (χ2v) is 7.04. The molecular formula is C20H19ClN2O4. The highest BCUT2D eigenvalue weighted by molar-refractivity contribution is 6.31. The van der Waals surface area contributed by atoms with Crippen molar-refractivity contribution < 1.29 is 19.1 Å². The van der Waals surface area contributed by atoms with Crippen molar-refractivity contribution in [3.63, 3.8) is 0 Å². The zero-order valence-corrected chi connectivity index (χ0v) is 15.7. The molecule has 2 aromatic carbocycles. The second-order valence-electron chi connectivity index (χ2n) is 6.64. The highest BCUT2D eigenvalue weighted by Crippen LogP contribution is 2.33. The van der Waals surface area contributed by atoms with Crippen molar-refractivity contribution >= 4 is 29.1 Å². The van der Waals surface area contributed by atoms with Crippen LogP contribution in [0.2, 0.25) is 5.02 Å². The van der Waals surface area contributed by atoms with E-state index in [1.807, 2.05) is 19.1 Å². The van der Waals surface area contributed by atoms with E-state index in [2.05, 4.69) is 0 Å². The zero-order chi connectivity index (χ0) is 19.0. The molecule has 0 radical (unpaired) electrons. The molecule has 0 bridgehead atoms. The lowest BCUT2D eigenvalue weighted by Crippen LogP contribution is -2.42. The zero-order valence-electron chi connectivity index (χ0n) is 14.9. The number of amides is 2. The summed E-state index contributed by atoms with van der Waals surface area (Å²) in [6.45, 7) is 2.88. The Kier molecular flexibility index (Phi) is 4.66. The summed E-state index contributed by atoms with van der Waals surface area (Å²) in [7, 11) is 0. The first-order chi connectivity index (χ1) is 13.0. The molecule has 27 heavy (non-hydrogen) atoms. The first-order valence-electron chi connectivity index (χ1n) is 8.78. The van der Waals surface area contributed by atoms with E-state index in [0.717, 1.165) is 12.0 Å². The summed E-state index contributed by atoms with van der Waals surface area (Å²) < 4.78 is 10.7. The molecule has 0 aliphatic carbocycles. The molecule has 2 heterocycles. The Bertz CT molecular complexity index is 915. The minimum atomic E-state index is -0.229. The van der Waals surface area contributed by atoms with Gasteiger partial charge in [0, 0.05) is 29.2 Å². The number of hydrogen-bond acceptors (Lipinski definition) is 4. The Balaban J connectivity index is 1.68. The maximum Gasteiger partial charge on any atom is 0.259 e. The van der Waals surface area contributed by atoms with Crippen LogP contribution < -0.4 is 14.4 Å². The predicted molar refractivity (Wildman–Crippen MR) is 101 cm³/mol.